The number of nitrogens with two attached hydrogens (primary N) is 1. The lowest BCUT2D eigenvalue weighted by molar-refractivity contribution is 0.536. The van der Waals surface area contributed by atoms with Gasteiger partial charge in [-0.05, 0) is 43.4 Å². The fourth-order valence-corrected chi connectivity index (χ4v) is 2.99. The number of aryl methyl sites for hydroxylation is 1. The van der Waals surface area contributed by atoms with Gasteiger partial charge in [-0.3, -0.25) is 0 Å². The maximum atomic E-state index is 6.22. The second-order valence-electron chi connectivity index (χ2n) is 6.05. The van der Waals surface area contributed by atoms with Crippen LogP contribution in [0.25, 0.3) is 0 Å². The summed E-state index contributed by atoms with van der Waals surface area (Å²) >= 11 is 0. The predicted octanol–water partition coefficient (Wildman–Crippen LogP) is 3.98. The Hall–Kier alpha value is -1.18. The summed E-state index contributed by atoms with van der Waals surface area (Å²) in [6, 6.07) is 7.16. The van der Waals surface area contributed by atoms with Gasteiger partial charge in [0, 0.05) is 12.6 Å². The Morgan fingerprint density at radius 2 is 1.94 bits per heavy atom. The lowest BCUT2D eigenvalue weighted by Gasteiger charge is -2.33. The standard InChI is InChI=1S/C16H26N2/c1-12(2)11-18(14-6-4-5-7-14)16-9-8-13(3)10-15(16)17/h8-10,12,14H,4-7,11,17H2,1-3H3. The highest BCUT2D eigenvalue weighted by molar-refractivity contribution is 5.69. The van der Waals surface area contributed by atoms with Gasteiger partial charge in [0.1, 0.15) is 0 Å². The van der Waals surface area contributed by atoms with Gasteiger partial charge in [0.05, 0.1) is 11.4 Å². The highest BCUT2D eigenvalue weighted by Crippen LogP contribution is 2.32. The van der Waals surface area contributed by atoms with E-state index in [1.54, 1.807) is 0 Å². The van der Waals surface area contributed by atoms with Crippen molar-refractivity contribution in [2.24, 2.45) is 5.92 Å². The minimum atomic E-state index is 0.673. The maximum Gasteiger partial charge on any atom is 0.0602 e. The number of nitrogen functional groups attached to an aromatic ring is 1. The topological polar surface area (TPSA) is 29.3 Å². The Balaban J connectivity index is 2.26. The zero-order valence-corrected chi connectivity index (χ0v) is 11.9. The molecule has 0 aromatic heterocycles. The van der Waals surface area contributed by atoms with Crippen LogP contribution in [-0.2, 0) is 0 Å². The number of hydrogen-bond acceptors (Lipinski definition) is 2. The van der Waals surface area contributed by atoms with E-state index in [9.17, 15) is 0 Å². The van der Waals surface area contributed by atoms with Crippen LogP contribution >= 0.6 is 0 Å². The van der Waals surface area contributed by atoms with E-state index in [0.29, 0.717) is 12.0 Å². The van der Waals surface area contributed by atoms with Gasteiger partial charge in [-0.25, -0.2) is 0 Å². The zero-order valence-electron chi connectivity index (χ0n) is 11.9. The van der Waals surface area contributed by atoms with Crippen molar-refractivity contribution in [1.82, 2.24) is 0 Å². The molecule has 0 radical (unpaired) electrons. The predicted molar refractivity (Wildman–Crippen MR) is 80.0 cm³/mol. The third kappa shape index (κ3) is 2.98. The summed E-state index contributed by atoms with van der Waals surface area (Å²) in [4.78, 5) is 2.55. The molecule has 1 aliphatic rings. The van der Waals surface area contributed by atoms with Crippen molar-refractivity contribution in [2.45, 2.75) is 52.5 Å². The quantitative estimate of drug-likeness (QED) is 0.814. The van der Waals surface area contributed by atoms with Crippen molar-refractivity contribution in [1.29, 1.82) is 0 Å². The zero-order chi connectivity index (χ0) is 13.1. The first kappa shape index (κ1) is 13.3. The van der Waals surface area contributed by atoms with E-state index in [4.69, 9.17) is 5.73 Å². The molecule has 0 bridgehead atoms. The van der Waals surface area contributed by atoms with E-state index in [-0.39, 0.29) is 0 Å². The van der Waals surface area contributed by atoms with E-state index in [1.807, 2.05) is 0 Å². The molecule has 0 amide bonds. The largest absolute Gasteiger partial charge is 0.397 e. The molecule has 2 N–H and O–H groups in total. The molecular formula is C16H26N2. The van der Waals surface area contributed by atoms with Gasteiger partial charge in [-0.1, -0.05) is 32.8 Å². The fourth-order valence-electron chi connectivity index (χ4n) is 2.99. The van der Waals surface area contributed by atoms with Gasteiger partial charge in [-0.2, -0.15) is 0 Å². The third-order valence-electron chi connectivity index (χ3n) is 3.82. The Labute approximate surface area is 111 Å². The highest BCUT2D eigenvalue weighted by Gasteiger charge is 2.24. The average Bonchev–Trinajstić information content (AvgIpc) is 2.79. The van der Waals surface area contributed by atoms with Crippen LogP contribution < -0.4 is 10.6 Å². The van der Waals surface area contributed by atoms with Crippen LogP contribution in [0.4, 0.5) is 11.4 Å². The highest BCUT2D eigenvalue weighted by atomic mass is 15.2. The van der Waals surface area contributed by atoms with Crippen LogP contribution in [0.15, 0.2) is 18.2 Å². The summed E-state index contributed by atoms with van der Waals surface area (Å²) in [6.45, 7) is 7.78. The Kier molecular flexibility index (Phi) is 4.15. The lowest BCUT2D eigenvalue weighted by atomic mass is 10.1. The minimum absolute atomic E-state index is 0.673. The van der Waals surface area contributed by atoms with Crippen molar-refractivity contribution in [2.75, 3.05) is 17.2 Å². The molecule has 0 unspecified atom stereocenters. The molecule has 2 rings (SSSR count). The summed E-state index contributed by atoms with van der Waals surface area (Å²) in [7, 11) is 0. The van der Waals surface area contributed by atoms with Gasteiger partial charge < -0.3 is 10.6 Å². The van der Waals surface area contributed by atoms with E-state index >= 15 is 0 Å². The van der Waals surface area contributed by atoms with Crippen molar-refractivity contribution in [3.8, 4) is 0 Å². The van der Waals surface area contributed by atoms with Crippen molar-refractivity contribution in [3.63, 3.8) is 0 Å². The van der Waals surface area contributed by atoms with E-state index < -0.39 is 0 Å². The first-order valence-electron chi connectivity index (χ1n) is 7.20. The van der Waals surface area contributed by atoms with Crippen LogP contribution in [0.3, 0.4) is 0 Å². The molecule has 1 aliphatic carbocycles. The molecule has 1 saturated carbocycles. The summed E-state index contributed by atoms with van der Waals surface area (Å²) in [5.74, 6) is 0.673. The van der Waals surface area contributed by atoms with Crippen LogP contribution in [0.1, 0.15) is 45.1 Å². The van der Waals surface area contributed by atoms with Crippen LogP contribution in [0.2, 0.25) is 0 Å². The molecule has 0 spiro atoms. The number of rotatable bonds is 4. The molecule has 0 aliphatic heterocycles. The molecule has 1 aromatic carbocycles. The van der Waals surface area contributed by atoms with E-state index in [0.717, 1.165) is 12.2 Å². The molecule has 18 heavy (non-hydrogen) atoms. The molecule has 1 fully saturated rings. The molecule has 0 saturated heterocycles. The van der Waals surface area contributed by atoms with E-state index in [1.165, 1.54) is 36.9 Å². The number of benzene rings is 1. The van der Waals surface area contributed by atoms with Crippen LogP contribution in [0, 0.1) is 12.8 Å². The van der Waals surface area contributed by atoms with Crippen LogP contribution in [0.5, 0.6) is 0 Å². The number of nitrogens with zero attached hydrogens (tertiary/aromatic N) is 1. The molecule has 2 nitrogen and oxygen atoms in total. The molecule has 0 atom stereocenters. The number of anilines is 2. The first-order valence-corrected chi connectivity index (χ1v) is 7.20. The third-order valence-corrected chi connectivity index (χ3v) is 3.82. The SMILES string of the molecule is Cc1ccc(N(CC(C)C)C2CCCC2)c(N)c1. The summed E-state index contributed by atoms with van der Waals surface area (Å²) < 4.78 is 0. The second kappa shape index (κ2) is 5.64. The summed E-state index contributed by atoms with van der Waals surface area (Å²) in [6.07, 6.45) is 5.37. The van der Waals surface area contributed by atoms with Gasteiger partial charge >= 0.3 is 0 Å². The van der Waals surface area contributed by atoms with Gasteiger partial charge in [0.15, 0.2) is 0 Å². The summed E-state index contributed by atoms with van der Waals surface area (Å²) in [5.41, 5.74) is 9.64. The fraction of sp³-hybridized carbons (Fsp3) is 0.625. The molecule has 1 aromatic rings. The smallest absolute Gasteiger partial charge is 0.0602 e. The Bertz CT molecular complexity index is 392. The normalized spacial score (nSPS) is 16.4. The first-order chi connectivity index (χ1) is 8.58. The summed E-state index contributed by atoms with van der Waals surface area (Å²) in [5, 5.41) is 0. The minimum Gasteiger partial charge on any atom is -0.397 e. The number of hydrogen-bond donors (Lipinski definition) is 1. The van der Waals surface area contributed by atoms with Gasteiger partial charge in [-0.15, -0.1) is 0 Å². The second-order valence-corrected chi connectivity index (χ2v) is 6.05. The lowest BCUT2D eigenvalue weighted by Crippen LogP contribution is -2.36. The maximum absolute atomic E-state index is 6.22. The van der Waals surface area contributed by atoms with Crippen LogP contribution in [-0.4, -0.2) is 12.6 Å². The monoisotopic (exact) mass is 246 g/mol. The Morgan fingerprint density at radius 1 is 1.28 bits per heavy atom. The Morgan fingerprint density at radius 3 is 2.50 bits per heavy atom. The van der Waals surface area contributed by atoms with Crippen molar-refractivity contribution < 1.29 is 0 Å². The molecule has 2 heteroatoms. The van der Waals surface area contributed by atoms with Crippen molar-refractivity contribution in [3.05, 3.63) is 23.8 Å². The average molecular weight is 246 g/mol. The van der Waals surface area contributed by atoms with Gasteiger partial charge in [0.2, 0.25) is 0 Å². The molecular weight excluding hydrogens is 220 g/mol. The van der Waals surface area contributed by atoms with Gasteiger partial charge in [0.25, 0.3) is 0 Å². The molecule has 100 valence electrons. The van der Waals surface area contributed by atoms with Crippen molar-refractivity contribution >= 4 is 11.4 Å². The van der Waals surface area contributed by atoms with E-state index in [2.05, 4.69) is 43.9 Å². The molecule has 0 heterocycles.